The van der Waals surface area contributed by atoms with Gasteiger partial charge in [0.1, 0.15) is 0 Å². The van der Waals surface area contributed by atoms with Crippen molar-refractivity contribution in [3.63, 3.8) is 0 Å². The zero-order valence-corrected chi connectivity index (χ0v) is 12.4. The average Bonchev–Trinajstić information content (AvgIpc) is 2.81. The van der Waals surface area contributed by atoms with Gasteiger partial charge in [0.05, 0.1) is 5.92 Å². The van der Waals surface area contributed by atoms with Crippen LogP contribution in [0.1, 0.15) is 25.0 Å². The van der Waals surface area contributed by atoms with Gasteiger partial charge in [-0.3, -0.25) is 4.79 Å². The Kier molecular flexibility index (Phi) is 3.37. The zero-order chi connectivity index (χ0) is 13.5. The van der Waals surface area contributed by atoms with E-state index in [-0.39, 0.29) is 17.3 Å². The van der Waals surface area contributed by atoms with Gasteiger partial charge in [-0.25, -0.2) is 0 Å². The Hall–Kier alpha value is -1.09. The maximum absolute atomic E-state index is 11.1. The molecule has 2 atom stereocenters. The molecule has 18 heavy (non-hydrogen) atoms. The summed E-state index contributed by atoms with van der Waals surface area (Å²) in [6.45, 7) is 6.05. The van der Waals surface area contributed by atoms with Crippen molar-refractivity contribution < 1.29 is 9.90 Å². The first-order valence-electron chi connectivity index (χ1n) is 6.01. The topological polar surface area (TPSA) is 37.3 Å². The Balaban J connectivity index is 2.20. The highest BCUT2D eigenvalue weighted by atomic mass is 79.9. The molecule has 1 aliphatic rings. The molecule has 0 amide bonds. The van der Waals surface area contributed by atoms with Crippen molar-refractivity contribution in [2.75, 3.05) is 0 Å². The molecule has 96 valence electrons. The second-order valence-electron chi connectivity index (χ2n) is 5.54. The fourth-order valence-electron chi connectivity index (χ4n) is 2.43. The number of carboxylic acids is 1. The molecule has 2 unspecified atom stereocenters. The molecular formula is C15H17BrO2. The van der Waals surface area contributed by atoms with Crippen LogP contribution in [0.15, 0.2) is 30.3 Å². The van der Waals surface area contributed by atoms with Crippen LogP contribution in [0.2, 0.25) is 0 Å². The van der Waals surface area contributed by atoms with Crippen molar-refractivity contribution in [3.8, 4) is 0 Å². The molecule has 3 heteroatoms. The van der Waals surface area contributed by atoms with Crippen LogP contribution >= 0.6 is 15.9 Å². The summed E-state index contributed by atoms with van der Waals surface area (Å²) in [6.07, 6.45) is 2.03. The molecule has 0 radical (unpaired) electrons. The summed E-state index contributed by atoms with van der Waals surface area (Å²) in [7, 11) is 0. The molecule has 1 aliphatic carbocycles. The number of halogens is 1. The number of benzene rings is 1. The van der Waals surface area contributed by atoms with Crippen LogP contribution in [-0.2, 0) is 4.79 Å². The summed E-state index contributed by atoms with van der Waals surface area (Å²) < 4.78 is 0.976. The number of allylic oxidation sites excluding steroid dienone is 1. The highest BCUT2D eigenvalue weighted by Gasteiger charge is 2.60. The molecule has 2 nitrogen and oxygen atoms in total. The average molecular weight is 309 g/mol. The Morgan fingerprint density at radius 1 is 1.33 bits per heavy atom. The Morgan fingerprint density at radius 3 is 2.33 bits per heavy atom. The van der Waals surface area contributed by atoms with Gasteiger partial charge in [-0.2, -0.15) is 0 Å². The standard InChI is InChI=1S/C15H17BrO2/c1-9-4-6-10(7-5-9)12(16)8-11-13(14(17)18)15(11,2)3/h4-8,11,13H,1-3H3,(H,17,18). The Morgan fingerprint density at radius 2 is 1.89 bits per heavy atom. The summed E-state index contributed by atoms with van der Waals surface area (Å²) >= 11 is 3.55. The van der Waals surface area contributed by atoms with Gasteiger partial charge in [-0.05, 0) is 23.8 Å². The SMILES string of the molecule is Cc1ccc(C(Br)=CC2C(C(=O)O)C2(C)C)cc1. The van der Waals surface area contributed by atoms with Crippen molar-refractivity contribution in [2.24, 2.45) is 17.3 Å². The third kappa shape index (κ3) is 2.37. The van der Waals surface area contributed by atoms with Gasteiger partial charge in [0.2, 0.25) is 0 Å². The molecule has 0 spiro atoms. The molecule has 0 aromatic heterocycles. The maximum Gasteiger partial charge on any atom is 0.307 e. The lowest BCUT2D eigenvalue weighted by atomic mass is 10.1. The highest BCUT2D eigenvalue weighted by Crippen LogP contribution is 2.60. The van der Waals surface area contributed by atoms with E-state index in [9.17, 15) is 4.79 Å². The lowest BCUT2D eigenvalue weighted by Crippen LogP contribution is -2.02. The molecule has 1 aromatic carbocycles. The first-order chi connectivity index (χ1) is 8.34. The number of hydrogen-bond acceptors (Lipinski definition) is 1. The van der Waals surface area contributed by atoms with E-state index >= 15 is 0 Å². The van der Waals surface area contributed by atoms with Crippen molar-refractivity contribution in [2.45, 2.75) is 20.8 Å². The van der Waals surface area contributed by atoms with Crippen LogP contribution < -0.4 is 0 Å². The first kappa shape index (κ1) is 13.3. The van der Waals surface area contributed by atoms with Crippen molar-refractivity contribution >= 4 is 26.4 Å². The van der Waals surface area contributed by atoms with Crippen molar-refractivity contribution in [1.29, 1.82) is 0 Å². The predicted molar refractivity (Wildman–Crippen MR) is 76.5 cm³/mol. The van der Waals surface area contributed by atoms with E-state index < -0.39 is 5.97 Å². The summed E-state index contributed by atoms with van der Waals surface area (Å²) in [5, 5.41) is 9.13. The third-order valence-corrected chi connectivity index (χ3v) is 4.55. The van der Waals surface area contributed by atoms with E-state index in [2.05, 4.69) is 28.1 Å². The first-order valence-corrected chi connectivity index (χ1v) is 6.80. The number of rotatable bonds is 3. The van der Waals surface area contributed by atoms with Crippen LogP contribution in [0, 0.1) is 24.2 Å². The Bertz CT molecular complexity index is 500. The predicted octanol–water partition coefficient (Wildman–Crippen LogP) is 4.09. The van der Waals surface area contributed by atoms with E-state index in [4.69, 9.17) is 5.11 Å². The van der Waals surface area contributed by atoms with Crippen molar-refractivity contribution in [1.82, 2.24) is 0 Å². The molecule has 1 aromatic rings. The molecule has 0 heterocycles. The van der Waals surface area contributed by atoms with Crippen molar-refractivity contribution in [3.05, 3.63) is 41.5 Å². The molecule has 0 saturated heterocycles. The number of carboxylic acid groups (broad SMARTS) is 1. The van der Waals surface area contributed by atoms with Gasteiger partial charge in [-0.15, -0.1) is 0 Å². The van der Waals surface area contributed by atoms with Crippen LogP contribution in [-0.4, -0.2) is 11.1 Å². The van der Waals surface area contributed by atoms with E-state index in [1.165, 1.54) is 5.56 Å². The van der Waals surface area contributed by atoms with Crippen LogP contribution in [0.4, 0.5) is 0 Å². The summed E-state index contributed by atoms with van der Waals surface area (Å²) in [6, 6.07) is 8.19. The molecule has 1 N–H and O–H groups in total. The second kappa shape index (κ2) is 4.54. The quantitative estimate of drug-likeness (QED) is 0.913. The van der Waals surface area contributed by atoms with Gasteiger partial charge in [0, 0.05) is 4.48 Å². The van der Waals surface area contributed by atoms with Gasteiger partial charge in [-0.1, -0.05) is 65.7 Å². The molecule has 1 fully saturated rings. The second-order valence-corrected chi connectivity index (χ2v) is 6.40. The van der Waals surface area contributed by atoms with Gasteiger partial charge >= 0.3 is 5.97 Å². The molecule has 1 saturated carbocycles. The molecule has 0 bridgehead atoms. The zero-order valence-electron chi connectivity index (χ0n) is 10.8. The smallest absolute Gasteiger partial charge is 0.307 e. The highest BCUT2D eigenvalue weighted by molar-refractivity contribution is 9.15. The number of carbonyl (C=O) groups is 1. The van der Waals surface area contributed by atoms with Crippen LogP contribution in [0.3, 0.4) is 0 Å². The number of hydrogen-bond donors (Lipinski definition) is 1. The van der Waals surface area contributed by atoms with E-state index in [0.29, 0.717) is 0 Å². The fraction of sp³-hybridized carbons (Fsp3) is 0.400. The monoisotopic (exact) mass is 308 g/mol. The van der Waals surface area contributed by atoms with E-state index in [1.54, 1.807) is 0 Å². The van der Waals surface area contributed by atoms with E-state index in [1.807, 2.05) is 39.0 Å². The maximum atomic E-state index is 11.1. The lowest BCUT2D eigenvalue weighted by Gasteiger charge is -2.02. The third-order valence-electron chi connectivity index (χ3n) is 3.83. The minimum atomic E-state index is -0.703. The minimum Gasteiger partial charge on any atom is -0.481 e. The molecule has 0 aliphatic heterocycles. The summed E-state index contributed by atoms with van der Waals surface area (Å²) in [5.74, 6) is -0.869. The van der Waals surface area contributed by atoms with Crippen LogP contribution in [0.25, 0.3) is 4.48 Å². The van der Waals surface area contributed by atoms with Gasteiger partial charge in [0.25, 0.3) is 0 Å². The summed E-state index contributed by atoms with van der Waals surface area (Å²) in [5.41, 5.74) is 2.16. The largest absolute Gasteiger partial charge is 0.481 e. The Labute approximate surface area is 116 Å². The van der Waals surface area contributed by atoms with E-state index in [0.717, 1.165) is 10.0 Å². The summed E-state index contributed by atoms with van der Waals surface area (Å²) in [4.78, 5) is 11.1. The number of aliphatic carboxylic acids is 1. The normalized spacial score (nSPS) is 25.9. The molecule has 2 rings (SSSR count). The van der Waals surface area contributed by atoms with Gasteiger partial charge in [0.15, 0.2) is 0 Å². The minimum absolute atomic E-state index is 0.102. The molecular weight excluding hydrogens is 292 g/mol. The number of aryl methyl sites for hydroxylation is 1. The lowest BCUT2D eigenvalue weighted by molar-refractivity contribution is -0.139. The van der Waals surface area contributed by atoms with Crippen LogP contribution in [0.5, 0.6) is 0 Å². The fourth-order valence-corrected chi connectivity index (χ4v) is 2.98. The van der Waals surface area contributed by atoms with Gasteiger partial charge < -0.3 is 5.11 Å².